The summed E-state index contributed by atoms with van der Waals surface area (Å²) in [5, 5.41) is 8.62. The predicted molar refractivity (Wildman–Crippen MR) is 52.9 cm³/mol. The number of benzene rings is 1. The summed E-state index contributed by atoms with van der Waals surface area (Å²) in [5.41, 5.74) is 0.199. The third-order valence-corrected chi connectivity index (χ3v) is 2.23. The Hall–Kier alpha value is -1.86. The second kappa shape index (κ2) is 4.58. The molecule has 5 heteroatoms. The molecule has 0 atom stereocenters. The van der Waals surface area contributed by atoms with Crippen molar-refractivity contribution in [1.29, 1.82) is 5.26 Å². The van der Waals surface area contributed by atoms with E-state index >= 15 is 0 Å². The van der Waals surface area contributed by atoms with Gasteiger partial charge in [0.05, 0.1) is 34.9 Å². The minimum absolute atomic E-state index is 0.00191. The molecule has 0 unspecified atom stereocenters. The smallest absolute Gasteiger partial charge is 0.339 e. The molecule has 0 aromatic heterocycles. The molecule has 4 nitrogen and oxygen atoms in total. The monoisotopic (exact) mass is 223 g/mol. The number of rotatable bonds is 2. The van der Waals surface area contributed by atoms with Crippen molar-refractivity contribution in [2.24, 2.45) is 0 Å². The second-order valence-corrected chi connectivity index (χ2v) is 2.99. The molecule has 1 aromatic carbocycles. The largest absolute Gasteiger partial charge is 0.465 e. The van der Waals surface area contributed by atoms with E-state index in [9.17, 15) is 9.59 Å². The van der Waals surface area contributed by atoms with Gasteiger partial charge in [0.2, 0.25) is 0 Å². The molecule has 0 spiro atoms. The van der Waals surface area contributed by atoms with E-state index in [1.807, 2.05) is 0 Å². The van der Waals surface area contributed by atoms with Gasteiger partial charge in [-0.25, -0.2) is 4.79 Å². The summed E-state index contributed by atoms with van der Waals surface area (Å²) < 4.78 is 4.47. The Balaban J connectivity index is 3.43. The van der Waals surface area contributed by atoms with E-state index in [0.717, 1.165) is 0 Å². The summed E-state index contributed by atoms with van der Waals surface area (Å²) in [4.78, 5) is 21.9. The van der Waals surface area contributed by atoms with E-state index in [2.05, 4.69) is 4.74 Å². The van der Waals surface area contributed by atoms with E-state index in [1.165, 1.54) is 19.2 Å². The Bertz CT molecular complexity index is 462. The number of methoxy groups -OCH3 is 1. The first kappa shape index (κ1) is 11.2. The molecule has 0 bridgehead atoms. The van der Waals surface area contributed by atoms with Gasteiger partial charge in [-0.15, -0.1) is 0 Å². The Labute approximate surface area is 91.0 Å². The molecule has 0 aliphatic heterocycles. The number of carbonyl (C=O) groups excluding carboxylic acids is 2. The quantitative estimate of drug-likeness (QED) is 0.567. The highest BCUT2D eigenvalue weighted by Crippen LogP contribution is 2.23. The van der Waals surface area contributed by atoms with E-state index in [0.29, 0.717) is 6.29 Å². The van der Waals surface area contributed by atoms with Crippen LogP contribution >= 0.6 is 11.6 Å². The van der Waals surface area contributed by atoms with Gasteiger partial charge in [-0.1, -0.05) is 11.6 Å². The zero-order valence-electron chi connectivity index (χ0n) is 7.78. The summed E-state index contributed by atoms with van der Waals surface area (Å²) in [6.07, 6.45) is 0.438. The maximum absolute atomic E-state index is 11.2. The number of esters is 1. The van der Waals surface area contributed by atoms with Crippen molar-refractivity contribution >= 4 is 23.9 Å². The predicted octanol–water partition coefficient (Wildman–Crippen LogP) is 1.81. The van der Waals surface area contributed by atoms with Gasteiger partial charge in [0.1, 0.15) is 0 Å². The standard InChI is InChI=1S/C10H6ClNO3/c1-15-10(14)7-3-2-6(4-12)8(5-13)9(7)11/h2-3,5H,1H3. The fourth-order valence-electron chi connectivity index (χ4n) is 1.07. The minimum atomic E-state index is -0.646. The van der Waals surface area contributed by atoms with Crippen molar-refractivity contribution in [2.75, 3.05) is 7.11 Å². The lowest BCUT2D eigenvalue weighted by Crippen LogP contribution is -2.04. The van der Waals surface area contributed by atoms with Crippen molar-refractivity contribution in [3.8, 4) is 6.07 Å². The van der Waals surface area contributed by atoms with Crippen LogP contribution in [0.1, 0.15) is 26.3 Å². The molecule has 0 radical (unpaired) electrons. The fraction of sp³-hybridized carbons (Fsp3) is 0.100. The third-order valence-electron chi connectivity index (χ3n) is 1.82. The fourth-order valence-corrected chi connectivity index (χ4v) is 1.36. The molecule has 0 saturated carbocycles. The first-order valence-electron chi connectivity index (χ1n) is 3.91. The number of aldehydes is 1. The summed E-state index contributed by atoms with van der Waals surface area (Å²) in [6, 6.07) is 4.50. The molecule has 0 amide bonds. The van der Waals surface area contributed by atoms with E-state index in [-0.39, 0.29) is 21.7 Å². The zero-order chi connectivity index (χ0) is 11.4. The van der Waals surface area contributed by atoms with Crippen LogP contribution in [0.25, 0.3) is 0 Å². The van der Waals surface area contributed by atoms with Gasteiger partial charge >= 0.3 is 5.97 Å². The highest BCUT2D eigenvalue weighted by molar-refractivity contribution is 6.36. The molecular formula is C10H6ClNO3. The van der Waals surface area contributed by atoms with Crippen molar-refractivity contribution in [3.63, 3.8) is 0 Å². The van der Waals surface area contributed by atoms with Crippen LogP contribution in [-0.4, -0.2) is 19.4 Å². The maximum atomic E-state index is 11.2. The first-order valence-corrected chi connectivity index (χ1v) is 4.29. The third kappa shape index (κ3) is 1.97. The summed E-state index contributed by atoms with van der Waals surface area (Å²) in [6.45, 7) is 0. The van der Waals surface area contributed by atoms with Crippen LogP contribution in [0.3, 0.4) is 0 Å². The topological polar surface area (TPSA) is 67.2 Å². The Kier molecular flexibility index (Phi) is 3.42. The van der Waals surface area contributed by atoms with Gasteiger partial charge in [-0.05, 0) is 12.1 Å². The van der Waals surface area contributed by atoms with Crippen LogP contribution in [0, 0.1) is 11.3 Å². The number of nitrogens with zero attached hydrogens (tertiary/aromatic N) is 1. The van der Waals surface area contributed by atoms with Crippen molar-refractivity contribution < 1.29 is 14.3 Å². The zero-order valence-corrected chi connectivity index (χ0v) is 8.54. The Morgan fingerprint density at radius 3 is 2.73 bits per heavy atom. The number of halogens is 1. The molecule has 0 aliphatic rings. The lowest BCUT2D eigenvalue weighted by molar-refractivity contribution is 0.0601. The molecule has 1 aromatic rings. The van der Waals surface area contributed by atoms with Gasteiger partial charge < -0.3 is 4.74 Å². The molecule has 0 saturated heterocycles. The van der Waals surface area contributed by atoms with E-state index in [1.54, 1.807) is 6.07 Å². The molecule has 0 heterocycles. The molecule has 76 valence electrons. The minimum Gasteiger partial charge on any atom is -0.465 e. The second-order valence-electron chi connectivity index (χ2n) is 2.61. The number of hydrogen-bond donors (Lipinski definition) is 0. The average molecular weight is 224 g/mol. The molecule has 15 heavy (non-hydrogen) atoms. The molecule has 1 rings (SSSR count). The van der Waals surface area contributed by atoms with Crippen LogP contribution in [0.2, 0.25) is 5.02 Å². The number of hydrogen-bond acceptors (Lipinski definition) is 4. The average Bonchev–Trinajstić information content (AvgIpc) is 2.27. The highest BCUT2D eigenvalue weighted by atomic mass is 35.5. The summed E-state index contributed by atoms with van der Waals surface area (Å²) >= 11 is 5.78. The van der Waals surface area contributed by atoms with Crippen LogP contribution in [0.4, 0.5) is 0 Å². The summed E-state index contributed by atoms with van der Waals surface area (Å²) in [5.74, 6) is -0.646. The highest BCUT2D eigenvalue weighted by Gasteiger charge is 2.16. The van der Waals surface area contributed by atoms with Crippen molar-refractivity contribution in [1.82, 2.24) is 0 Å². The van der Waals surface area contributed by atoms with Crippen LogP contribution in [-0.2, 0) is 4.74 Å². The van der Waals surface area contributed by atoms with E-state index in [4.69, 9.17) is 16.9 Å². The maximum Gasteiger partial charge on any atom is 0.339 e. The molecule has 0 fully saturated rings. The van der Waals surface area contributed by atoms with Gasteiger partial charge in [0.25, 0.3) is 0 Å². The lowest BCUT2D eigenvalue weighted by Gasteiger charge is -2.04. The molecular weight excluding hydrogens is 218 g/mol. The van der Waals surface area contributed by atoms with Crippen LogP contribution in [0.15, 0.2) is 12.1 Å². The molecule has 0 N–H and O–H groups in total. The van der Waals surface area contributed by atoms with Gasteiger partial charge in [0, 0.05) is 0 Å². The van der Waals surface area contributed by atoms with Crippen molar-refractivity contribution in [2.45, 2.75) is 0 Å². The van der Waals surface area contributed by atoms with E-state index < -0.39 is 5.97 Å². The lowest BCUT2D eigenvalue weighted by atomic mass is 10.1. The van der Waals surface area contributed by atoms with Gasteiger partial charge in [0.15, 0.2) is 6.29 Å². The Morgan fingerprint density at radius 1 is 1.60 bits per heavy atom. The SMILES string of the molecule is COC(=O)c1ccc(C#N)c(C=O)c1Cl. The number of ether oxygens (including phenoxy) is 1. The van der Waals surface area contributed by atoms with Crippen LogP contribution in [0.5, 0.6) is 0 Å². The summed E-state index contributed by atoms with van der Waals surface area (Å²) in [7, 11) is 1.21. The van der Waals surface area contributed by atoms with Crippen LogP contribution < -0.4 is 0 Å². The normalized spacial score (nSPS) is 9.13. The molecule has 0 aliphatic carbocycles. The number of nitriles is 1. The Morgan fingerprint density at radius 2 is 2.27 bits per heavy atom. The first-order chi connectivity index (χ1) is 7.15. The number of carbonyl (C=O) groups is 2. The van der Waals surface area contributed by atoms with Gasteiger partial charge in [-0.3, -0.25) is 4.79 Å². The van der Waals surface area contributed by atoms with Gasteiger partial charge in [-0.2, -0.15) is 5.26 Å². The van der Waals surface area contributed by atoms with Crippen molar-refractivity contribution in [3.05, 3.63) is 33.8 Å².